The van der Waals surface area contributed by atoms with Crippen molar-refractivity contribution >= 4 is 21.9 Å². The van der Waals surface area contributed by atoms with Crippen molar-refractivity contribution in [2.24, 2.45) is 7.05 Å². The Balaban J connectivity index is 1.76. The summed E-state index contributed by atoms with van der Waals surface area (Å²) >= 11 is 0. The molecule has 3 heterocycles. The Bertz CT molecular complexity index is 2170. The molecule has 3 aromatic heterocycles. The first kappa shape index (κ1) is 10.0. The van der Waals surface area contributed by atoms with Crippen molar-refractivity contribution in [3.8, 4) is 22.4 Å². The number of rotatable bonds is 2. The van der Waals surface area contributed by atoms with Crippen LogP contribution in [0.4, 0.5) is 0 Å². The predicted octanol–water partition coefficient (Wildman–Crippen LogP) is 7.52. The van der Waals surface area contributed by atoms with Crippen LogP contribution in [-0.2, 0) is 12.5 Å². The summed E-state index contributed by atoms with van der Waals surface area (Å²) in [5.41, 5.74) is -2.19. The summed E-state index contributed by atoms with van der Waals surface area (Å²) in [6, 6.07) is 10.8. The molecule has 0 saturated carbocycles. The van der Waals surface area contributed by atoms with Crippen LogP contribution >= 0.6 is 0 Å². The molecule has 0 radical (unpaired) electrons. The third kappa shape index (κ3) is 2.70. The summed E-state index contributed by atoms with van der Waals surface area (Å²) in [7, 11) is 1.49. The second-order valence-corrected chi connectivity index (χ2v) is 8.73. The molecule has 0 bridgehead atoms. The lowest BCUT2D eigenvalue weighted by Crippen LogP contribution is -2.32. The fourth-order valence-corrected chi connectivity index (χ4v) is 5.01. The zero-order valence-electron chi connectivity index (χ0n) is 34.5. The lowest BCUT2D eigenvalue weighted by atomic mass is 9.85. The monoisotopic (exact) mass is 463 g/mol. The number of fused-ring (bicyclic) bond motifs is 7. The van der Waals surface area contributed by atoms with Gasteiger partial charge in [0.2, 0.25) is 5.69 Å². The number of nitrogens with zero attached hydrogens (tertiary/aromatic N) is 2. The second kappa shape index (κ2) is 7.02. The molecule has 1 aliphatic rings. The second-order valence-electron chi connectivity index (χ2n) is 8.73. The maximum absolute atomic E-state index is 8.90. The zero-order chi connectivity index (χ0) is 37.4. The highest BCUT2D eigenvalue weighted by Gasteiger charge is 2.39. The van der Waals surface area contributed by atoms with Crippen LogP contribution in [-0.4, -0.2) is 4.98 Å². The lowest BCUT2D eigenvalue weighted by molar-refractivity contribution is -0.660. The first-order valence-corrected chi connectivity index (χ1v) is 10.7. The molecule has 5 aromatic rings. The van der Waals surface area contributed by atoms with Gasteiger partial charge < -0.3 is 4.42 Å². The Hall–Kier alpha value is -3.46. The van der Waals surface area contributed by atoms with Gasteiger partial charge in [-0.3, -0.25) is 4.98 Å². The van der Waals surface area contributed by atoms with Crippen LogP contribution < -0.4 is 4.57 Å². The van der Waals surface area contributed by atoms with Crippen LogP contribution in [0.3, 0.4) is 0 Å². The van der Waals surface area contributed by atoms with Crippen LogP contribution in [0, 0.1) is 13.8 Å². The molecular weight excluding hydrogens is 416 g/mol. The minimum Gasteiger partial charge on any atom is -0.454 e. The molecule has 2 aromatic carbocycles. The topological polar surface area (TPSA) is 29.9 Å². The molecule has 0 aliphatic heterocycles. The summed E-state index contributed by atoms with van der Waals surface area (Å²) in [6.07, 6.45) is 2.44. The molecule has 0 fully saturated rings. The SMILES string of the molecule is [2H]C([2H])([2H])c1c[n+](C)c(-c2c(C)ccc3c2oc2c4c(ncc23)C(C([2H])([2H])[2H])(C([2H])([2H])[2H])c2ccccc2-4)cc1C([2H])(C([2H])([2H])[2H])C([2H])([2H])[2H]. The van der Waals surface area contributed by atoms with E-state index in [-0.39, 0.29) is 33.7 Å². The van der Waals surface area contributed by atoms with Crippen molar-refractivity contribution < 1.29 is 30.9 Å². The molecule has 0 N–H and O–H groups in total. The minimum atomic E-state index is -3.48. The first-order chi connectivity index (χ1) is 22.7. The van der Waals surface area contributed by atoms with Crippen molar-refractivity contribution in [3.63, 3.8) is 0 Å². The van der Waals surface area contributed by atoms with Crippen LogP contribution in [0.1, 0.15) is 83.2 Å². The zero-order valence-corrected chi connectivity index (χ0v) is 18.5. The molecule has 0 unspecified atom stereocenters. The van der Waals surface area contributed by atoms with Gasteiger partial charge >= 0.3 is 0 Å². The van der Waals surface area contributed by atoms with Gasteiger partial charge in [0.15, 0.2) is 6.20 Å². The average Bonchev–Trinajstić information content (AvgIpc) is 3.48. The molecule has 0 amide bonds. The molecule has 34 heavy (non-hydrogen) atoms. The maximum Gasteiger partial charge on any atom is 0.216 e. The van der Waals surface area contributed by atoms with Gasteiger partial charge in [-0.15, -0.1) is 0 Å². The number of furan rings is 1. The smallest absolute Gasteiger partial charge is 0.216 e. The van der Waals surface area contributed by atoms with Crippen LogP contribution in [0.2, 0.25) is 0 Å². The fraction of sp³-hybridized carbons (Fsp3) is 0.290. The summed E-state index contributed by atoms with van der Waals surface area (Å²) in [5.74, 6) is -3.34. The Labute approximate surface area is 223 Å². The van der Waals surface area contributed by atoms with Gasteiger partial charge in [0.25, 0.3) is 0 Å². The molecule has 170 valence electrons. The summed E-state index contributed by atoms with van der Waals surface area (Å²) in [4.78, 5) is 4.50. The average molecular weight is 464 g/mol. The molecular formula is C31H31N2O+. The molecule has 3 heteroatoms. The van der Waals surface area contributed by atoms with Gasteiger partial charge in [0, 0.05) is 61.5 Å². The van der Waals surface area contributed by atoms with E-state index in [1.165, 1.54) is 23.9 Å². The third-order valence-electron chi connectivity index (χ3n) is 6.65. The largest absolute Gasteiger partial charge is 0.454 e. The normalized spacial score (nSPS) is 23.4. The van der Waals surface area contributed by atoms with Gasteiger partial charge in [-0.2, -0.15) is 0 Å². The number of hydrogen-bond acceptors (Lipinski definition) is 2. The van der Waals surface area contributed by atoms with Crippen LogP contribution in [0.25, 0.3) is 44.3 Å². The Morgan fingerprint density at radius 3 is 2.65 bits per heavy atom. The van der Waals surface area contributed by atoms with E-state index < -0.39 is 56.7 Å². The van der Waals surface area contributed by atoms with Crippen LogP contribution in [0.5, 0.6) is 0 Å². The number of aryl methyl sites for hydroxylation is 3. The van der Waals surface area contributed by atoms with E-state index in [2.05, 4.69) is 4.98 Å². The van der Waals surface area contributed by atoms with E-state index in [0.29, 0.717) is 27.5 Å². The minimum absolute atomic E-state index is 0.0456. The van der Waals surface area contributed by atoms with E-state index in [4.69, 9.17) is 26.3 Å². The molecule has 0 atom stereocenters. The molecule has 6 rings (SSSR count). The Morgan fingerprint density at radius 1 is 1.03 bits per heavy atom. The molecule has 0 spiro atoms. The van der Waals surface area contributed by atoms with Gasteiger partial charge in [0.1, 0.15) is 18.2 Å². The standard InChI is InChI=1S/C31H31N2O/c1-17(2)22-14-25(33(7)16-19(22)4)26-18(3)12-13-20-23-15-32-30-27(29(23)34-28(20)26)21-10-8-9-11-24(21)31(30,5)6/h8-17H,1-7H3/q+1/i1D3,2D3,4D3,5D3,6D3,17D. The van der Waals surface area contributed by atoms with Gasteiger partial charge in [-0.1, -0.05) is 63.8 Å². The third-order valence-corrected chi connectivity index (χ3v) is 6.65. The van der Waals surface area contributed by atoms with E-state index in [0.717, 1.165) is 12.3 Å². The quantitative estimate of drug-likeness (QED) is 0.253. The van der Waals surface area contributed by atoms with Gasteiger partial charge in [-0.25, -0.2) is 4.57 Å². The molecule has 0 saturated heterocycles. The first-order valence-electron chi connectivity index (χ1n) is 18.7. The molecule has 3 nitrogen and oxygen atoms in total. The van der Waals surface area contributed by atoms with Crippen molar-refractivity contribution in [2.75, 3.05) is 0 Å². The highest BCUT2D eigenvalue weighted by molar-refractivity contribution is 6.14. The Morgan fingerprint density at radius 2 is 1.85 bits per heavy atom. The van der Waals surface area contributed by atoms with Crippen molar-refractivity contribution in [2.45, 2.75) is 52.5 Å². The predicted molar refractivity (Wildman–Crippen MR) is 139 cm³/mol. The van der Waals surface area contributed by atoms with Gasteiger partial charge in [0.05, 0.1) is 11.3 Å². The van der Waals surface area contributed by atoms with Gasteiger partial charge in [-0.05, 0) is 41.9 Å². The highest BCUT2D eigenvalue weighted by Crippen LogP contribution is 2.51. The number of benzene rings is 2. The number of aromatic nitrogens is 2. The lowest BCUT2D eigenvalue weighted by Gasteiger charge is -2.19. The fourth-order valence-electron chi connectivity index (χ4n) is 5.01. The molecule has 1 aliphatic carbocycles. The number of hydrogen-bond donors (Lipinski definition) is 0. The summed E-state index contributed by atoms with van der Waals surface area (Å²) in [6.45, 7) is -14.4. The Kier molecular flexibility index (Phi) is 2.07. The van der Waals surface area contributed by atoms with E-state index in [1.54, 1.807) is 37.3 Å². The maximum atomic E-state index is 8.90. The summed E-state index contributed by atoms with van der Waals surface area (Å²) in [5, 5.41) is 0.863. The van der Waals surface area contributed by atoms with Crippen molar-refractivity contribution in [1.29, 1.82) is 0 Å². The number of pyridine rings is 2. The van der Waals surface area contributed by atoms with Crippen LogP contribution in [0.15, 0.2) is 59.3 Å². The summed E-state index contributed by atoms with van der Waals surface area (Å²) < 4.78 is 141. The van der Waals surface area contributed by atoms with E-state index in [1.807, 2.05) is 0 Å². The van der Waals surface area contributed by atoms with E-state index in [9.17, 15) is 0 Å². The van der Waals surface area contributed by atoms with Crippen molar-refractivity contribution in [3.05, 3.63) is 82.8 Å². The van der Waals surface area contributed by atoms with E-state index >= 15 is 0 Å². The highest BCUT2D eigenvalue weighted by atomic mass is 16.3. The van der Waals surface area contributed by atoms with Crippen molar-refractivity contribution in [1.82, 2.24) is 4.98 Å².